The molecule has 84 valence electrons. The number of alkyl halides is 1. The van der Waals surface area contributed by atoms with Gasteiger partial charge in [-0.15, -0.1) is 0 Å². The van der Waals surface area contributed by atoms with Crippen molar-refractivity contribution in [3.63, 3.8) is 0 Å². The van der Waals surface area contributed by atoms with E-state index in [0.717, 1.165) is 24.7 Å². The molecule has 0 aromatic heterocycles. The third-order valence-corrected chi connectivity index (χ3v) is 4.43. The van der Waals surface area contributed by atoms with Gasteiger partial charge >= 0.3 is 0 Å². The van der Waals surface area contributed by atoms with Gasteiger partial charge < -0.3 is 9.80 Å². The first-order valence-electron chi connectivity index (χ1n) is 5.14. The Morgan fingerprint density at radius 3 is 2.47 bits per heavy atom. The molecule has 4 nitrogen and oxygen atoms in total. The van der Waals surface area contributed by atoms with Crippen LogP contribution in [0.4, 0.5) is 0 Å². The number of piperazine rings is 1. The van der Waals surface area contributed by atoms with Crippen molar-refractivity contribution in [1.82, 2.24) is 9.80 Å². The van der Waals surface area contributed by atoms with Gasteiger partial charge in [0.1, 0.15) is 0 Å². The van der Waals surface area contributed by atoms with Crippen LogP contribution in [0, 0.1) is 5.41 Å². The monoisotopic (exact) mass is 274 g/mol. The second kappa shape index (κ2) is 3.77. The van der Waals surface area contributed by atoms with Gasteiger partial charge in [0.15, 0.2) is 0 Å². The molecule has 1 heterocycles. The van der Waals surface area contributed by atoms with E-state index in [-0.39, 0.29) is 30.3 Å². The van der Waals surface area contributed by atoms with E-state index in [9.17, 15) is 9.59 Å². The molecule has 0 aromatic rings. The van der Waals surface area contributed by atoms with Gasteiger partial charge in [-0.1, -0.05) is 15.9 Å². The summed E-state index contributed by atoms with van der Waals surface area (Å²) in [6.45, 7) is 1.22. The first-order valence-corrected chi connectivity index (χ1v) is 6.26. The number of hydrogen-bond donors (Lipinski definition) is 0. The van der Waals surface area contributed by atoms with Gasteiger partial charge in [0.2, 0.25) is 11.8 Å². The Bertz CT molecular complexity index is 302. The van der Waals surface area contributed by atoms with Gasteiger partial charge in [0.25, 0.3) is 0 Å². The van der Waals surface area contributed by atoms with Crippen LogP contribution in [0.2, 0.25) is 0 Å². The highest BCUT2D eigenvalue weighted by Crippen LogP contribution is 2.47. The summed E-state index contributed by atoms with van der Waals surface area (Å²) in [6.07, 6.45) is 2.32. The standard InChI is InChI=1S/C10H15BrN2O2/c1-12-4-9(15)13(5-8(12)14)7-10(6-11)2-3-10/h2-7H2,1H3. The van der Waals surface area contributed by atoms with Gasteiger partial charge in [-0.05, 0) is 18.3 Å². The van der Waals surface area contributed by atoms with Crippen molar-refractivity contribution in [2.45, 2.75) is 12.8 Å². The summed E-state index contributed by atoms with van der Waals surface area (Å²) in [4.78, 5) is 26.4. The van der Waals surface area contributed by atoms with Crippen LogP contribution in [0.5, 0.6) is 0 Å². The minimum absolute atomic E-state index is 0.0416. The van der Waals surface area contributed by atoms with E-state index in [0.29, 0.717) is 0 Å². The van der Waals surface area contributed by atoms with Crippen LogP contribution in [0.1, 0.15) is 12.8 Å². The van der Waals surface area contributed by atoms with Gasteiger partial charge in [0, 0.05) is 18.9 Å². The SMILES string of the molecule is CN1CC(=O)N(CC2(CBr)CC2)CC1=O. The quantitative estimate of drug-likeness (QED) is 0.702. The number of nitrogens with zero attached hydrogens (tertiary/aromatic N) is 2. The first kappa shape index (κ1) is 10.9. The average Bonchev–Trinajstić information content (AvgIpc) is 2.95. The lowest BCUT2D eigenvalue weighted by molar-refractivity contribution is -0.149. The minimum atomic E-state index is 0.0416. The molecule has 2 aliphatic rings. The second-order valence-electron chi connectivity index (χ2n) is 4.63. The highest BCUT2D eigenvalue weighted by molar-refractivity contribution is 9.09. The molecule has 0 N–H and O–H groups in total. The van der Waals surface area contributed by atoms with Crippen molar-refractivity contribution in [1.29, 1.82) is 0 Å². The summed E-state index contributed by atoms with van der Waals surface area (Å²) in [7, 11) is 1.68. The number of carbonyl (C=O) groups excluding carboxylic acids is 2. The second-order valence-corrected chi connectivity index (χ2v) is 5.19. The molecule has 1 aliphatic heterocycles. The number of rotatable bonds is 3. The predicted octanol–water partition coefficient (Wildman–Crippen LogP) is 0.462. The molecular formula is C10H15BrN2O2. The molecule has 1 saturated heterocycles. The summed E-state index contributed by atoms with van der Waals surface area (Å²) >= 11 is 3.47. The maximum absolute atomic E-state index is 11.7. The fourth-order valence-electron chi connectivity index (χ4n) is 1.82. The number of likely N-dealkylation sites (N-methyl/N-ethyl adjacent to an activating group) is 1. The van der Waals surface area contributed by atoms with Crippen LogP contribution in [0.25, 0.3) is 0 Å². The molecule has 0 aromatic carbocycles. The zero-order valence-corrected chi connectivity index (χ0v) is 10.4. The molecule has 0 bridgehead atoms. The van der Waals surface area contributed by atoms with E-state index >= 15 is 0 Å². The van der Waals surface area contributed by atoms with E-state index in [4.69, 9.17) is 0 Å². The largest absolute Gasteiger partial charge is 0.335 e. The summed E-state index contributed by atoms with van der Waals surface area (Å²) in [6, 6.07) is 0. The zero-order valence-electron chi connectivity index (χ0n) is 8.83. The van der Waals surface area contributed by atoms with Gasteiger partial charge in [-0.25, -0.2) is 0 Å². The highest BCUT2D eigenvalue weighted by atomic mass is 79.9. The molecule has 15 heavy (non-hydrogen) atoms. The summed E-state index contributed by atoms with van der Waals surface area (Å²) < 4.78 is 0. The summed E-state index contributed by atoms with van der Waals surface area (Å²) in [5.74, 6) is 0.115. The van der Waals surface area contributed by atoms with Crippen molar-refractivity contribution in [3.8, 4) is 0 Å². The van der Waals surface area contributed by atoms with Crippen LogP contribution in [-0.2, 0) is 9.59 Å². The lowest BCUT2D eigenvalue weighted by Crippen LogP contribution is -2.53. The molecule has 2 amide bonds. The fraction of sp³-hybridized carbons (Fsp3) is 0.800. The molecule has 0 spiro atoms. The van der Waals surface area contributed by atoms with Crippen LogP contribution in [0.15, 0.2) is 0 Å². The Labute approximate surface area is 97.7 Å². The Morgan fingerprint density at radius 2 is 1.93 bits per heavy atom. The Morgan fingerprint density at radius 1 is 1.27 bits per heavy atom. The molecule has 2 rings (SSSR count). The van der Waals surface area contributed by atoms with Crippen molar-refractivity contribution in [2.24, 2.45) is 5.41 Å². The lowest BCUT2D eigenvalue weighted by Gasteiger charge is -2.33. The third-order valence-electron chi connectivity index (χ3n) is 3.24. The lowest BCUT2D eigenvalue weighted by atomic mass is 10.1. The van der Waals surface area contributed by atoms with E-state index < -0.39 is 0 Å². The van der Waals surface area contributed by atoms with Gasteiger partial charge in [-0.2, -0.15) is 0 Å². The van der Waals surface area contributed by atoms with E-state index in [1.807, 2.05) is 0 Å². The zero-order chi connectivity index (χ0) is 11.1. The Kier molecular flexibility index (Phi) is 2.75. The first-order chi connectivity index (χ1) is 7.06. The highest BCUT2D eigenvalue weighted by Gasteiger charge is 2.44. The Hall–Kier alpha value is -0.580. The number of halogens is 1. The summed E-state index contributed by atoms with van der Waals surface area (Å²) in [5.41, 5.74) is 0.256. The molecule has 0 atom stereocenters. The normalized spacial score (nSPS) is 24.7. The predicted molar refractivity (Wildman–Crippen MR) is 59.7 cm³/mol. The number of carbonyl (C=O) groups is 2. The van der Waals surface area contributed by atoms with Crippen LogP contribution >= 0.6 is 15.9 Å². The van der Waals surface area contributed by atoms with Crippen molar-refractivity contribution < 1.29 is 9.59 Å². The van der Waals surface area contributed by atoms with Crippen molar-refractivity contribution >= 4 is 27.7 Å². The topological polar surface area (TPSA) is 40.6 Å². The number of hydrogen-bond acceptors (Lipinski definition) is 2. The maximum atomic E-state index is 11.7. The minimum Gasteiger partial charge on any atom is -0.335 e. The maximum Gasteiger partial charge on any atom is 0.242 e. The molecule has 1 saturated carbocycles. The molecule has 5 heteroatoms. The Balaban J connectivity index is 1.97. The average molecular weight is 275 g/mol. The van der Waals surface area contributed by atoms with Gasteiger partial charge in [-0.3, -0.25) is 9.59 Å². The molecular weight excluding hydrogens is 260 g/mol. The molecule has 0 unspecified atom stereocenters. The number of amides is 2. The fourth-order valence-corrected chi connectivity index (χ4v) is 2.56. The van der Waals surface area contributed by atoms with E-state index in [1.165, 1.54) is 4.90 Å². The van der Waals surface area contributed by atoms with Crippen LogP contribution in [-0.4, -0.2) is 53.6 Å². The summed E-state index contributed by atoms with van der Waals surface area (Å²) in [5, 5.41) is 0.924. The van der Waals surface area contributed by atoms with Crippen molar-refractivity contribution in [2.75, 3.05) is 32.0 Å². The third kappa shape index (κ3) is 2.17. The molecule has 1 aliphatic carbocycles. The van der Waals surface area contributed by atoms with E-state index in [1.54, 1.807) is 11.9 Å². The molecule has 2 fully saturated rings. The van der Waals surface area contributed by atoms with Crippen LogP contribution < -0.4 is 0 Å². The van der Waals surface area contributed by atoms with E-state index in [2.05, 4.69) is 15.9 Å². The molecule has 0 radical (unpaired) electrons. The smallest absolute Gasteiger partial charge is 0.242 e. The van der Waals surface area contributed by atoms with Crippen LogP contribution in [0.3, 0.4) is 0 Å². The van der Waals surface area contributed by atoms with Gasteiger partial charge in [0.05, 0.1) is 13.1 Å². The van der Waals surface area contributed by atoms with Crippen molar-refractivity contribution in [3.05, 3.63) is 0 Å².